The highest BCUT2D eigenvalue weighted by Crippen LogP contribution is 2.37. The van der Waals surface area contributed by atoms with E-state index in [2.05, 4.69) is 40.9 Å². The van der Waals surface area contributed by atoms with Gasteiger partial charge in [-0.15, -0.1) is 0 Å². The van der Waals surface area contributed by atoms with Crippen LogP contribution in [0, 0.1) is 11.3 Å². The highest BCUT2D eigenvalue weighted by molar-refractivity contribution is 6.00. The van der Waals surface area contributed by atoms with Crippen LogP contribution < -0.4 is 20.7 Å². The number of hydrogen-bond acceptors (Lipinski definition) is 10. The molecule has 0 radical (unpaired) electrons. The number of methoxy groups -OCH3 is 1. The molecule has 0 fully saturated rings. The standard InChI is InChI=1S/C23H19N9O2/c1-25-23(33)16-12-30-19(32-20-13-28-14(10-24)11-29-20)9-18(16)31-17-6-3-5-15(21(17)34-2)22-26-7-4-8-27-22/h3-9,11-13H,1-2H3,(H,25,33)(H2,29,30,31,32). The number of benzene rings is 1. The molecule has 0 spiro atoms. The molecule has 1 aromatic carbocycles. The summed E-state index contributed by atoms with van der Waals surface area (Å²) in [7, 11) is 3.09. The average molecular weight is 453 g/mol. The van der Waals surface area contributed by atoms with Gasteiger partial charge in [0.15, 0.2) is 17.3 Å². The van der Waals surface area contributed by atoms with Crippen molar-refractivity contribution in [2.24, 2.45) is 0 Å². The maximum absolute atomic E-state index is 12.5. The summed E-state index contributed by atoms with van der Waals surface area (Å²) < 4.78 is 5.66. The summed E-state index contributed by atoms with van der Waals surface area (Å²) in [6.45, 7) is 0. The Morgan fingerprint density at radius 1 is 0.941 bits per heavy atom. The van der Waals surface area contributed by atoms with Gasteiger partial charge in [0.1, 0.15) is 17.7 Å². The first kappa shape index (κ1) is 22.1. The van der Waals surface area contributed by atoms with Crippen molar-refractivity contribution < 1.29 is 9.53 Å². The van der Waals surface area contributed by atoms with Gasteiger partial charge in [-0.25, -0.2) is 24.9 Å². The zero-order valence-corrected chi connectivity index (χ0v) is 18.3. The lowest BCUT2D eigenvalue weighted by Gasteiger charge is -2.17. The van der Waals surface area contributed by atoms with Gasteiger partial charge in [0.25, 0.3) is 5.91 Å². The van der Waals surface area contributed by atoms with Crippen LogP contribution in [0.15, 0.2) is 61.3 Å². The van der Waals surface area contributed by atoms with Gasteiger partial charge < -0.3 is 20.7 Å². The summed E-state index contributed by atoms with van der Waals surface area (Å²) >= 11 is 0. The van der Waals surface area contributed by atoms with Crippen molar-refractivity contribution >= 4 is 28.9 Å². The number of nitrogens with zero attached hydrogens (tertiary/aromatic N) is 6. The fourth-order valence-corrected chi connectivity index (χ4v) is 3.14. The molecule has 4 aromatic rings. The second-order valence-corrected chi connectivity index (χ2v) is 6.80. The summed E-state index contributed by atoms with van der Waals surface area (Å²) in [6, 6.07) is 10.8. The number of amides is 1. The third kappa shape index (κ3) is 4.71. The van der Waals surface area contributed by atoms with E-state index >= 15 is 0 Å². The number of anilines is 4. The number of hydrogen-bond donors (Lipinski definition) is 3. The quantitative estimate of drug-likeness (QED) is 0.381. The molecule has 3 aromatic heterocycles. The molecule has 4 rings (SSSR count). The van der Waals surface area contributed by atoms with Crippen LogP contribution in [-0.4, -0.2) is 45.0 Å². The fourth-order valence-electron chi connectivity index (χ4n) is 3.14. The van der Waals surface area contributed by atoms with Gasteiger partial charge in [-0.1, -0.05) is 6.07 Å². The minimum absolute atomic E-state index is 0.199. The Bertz CT molecular complexity index is 1350. The van der Waals surface area contributed by atoms with Crippen molar-refractivity contribution in [2.45, 2.75) is 0 Å². The van der Waals surface area contributed by atoms with Crippen molar-refractivity contribution in [3.63, 3.8) is 0 Å². The third-order valence-corrected chi connectivity index (χ3v) is 4.69. The van der Waals surface area contributed by atoms with Crippen LogP contribution in [0.4, 0.5) is 23.0 Å². The van der Waals surface area contributed by atoms with Crippen LogP contribution in [0.5, 0.6) is 5.75 Å². The Morgan fingerprint density at radius 2 is 1.74 bits per heavy atom. The second-order valence-electron chi connectivity index (χ2n) is 6.80. The van der Waals surface area contributed by atoms with E-state index in [0.717, 1.165) is 0 Å². The summed E-state index contributed by atoms with van der Waals surface area (Å²) in [6.07, 6.45) is 7.52. The van der Waals surface area contributed by atoms with E-state index in [0.29, 0.717) is 45.7 Å². The van der Waals surface area contributed by atoms with E-state index in [4.69, 9.17) is 10.00 Å². The van der Waals surface area contributed by atoms with E-state index < -0.39 is 0 Å². The number of ether oxygens (including phenoxy) is 1. The molecular formula is C23H19N9O2. The zero-order valence-electron chi connectivity index (χ0n) is 18.3. The smallest absolute Gasteiger partial charge is 0.254 e. The van der Waals surface area contributed by atoms with Crippen LogP contribution in [0.2, 0.25) is 0 Å². The third-order valence-electron chi connectivity index (χ3n) is 4.69. The fraction of sp³-hybridized carbons (Fsp3) is 0.0870. The highest BCUT2D eigenvalue weighted by atomic mass is 16.5. The molecule has 34 heavy (non-hydrogen) atoms. The van der Waals surface area contributed by atoms with Gasteiger partial charge in [0.05, 0.1) is 42.0 Å². The molecule has 0 unspecified atom stereocenters. The molecule has 1 amide bonds. The SMILES string of the molecule is CNC(=O)c1cnc(Nc2cnc(C#N)cn2)cc1Nc1cccc(-c2ncccn2)c1OC. The molecule has 0 atom stereocenters. The monoisotopic (exact) mass is 453 g/mol. The highest BCUT2D eigenvalue weighted by Gasteiger charge is 2.17. The maximum atomic E-state index is 12.5. The van der Waals surface area contributed by atoms with E-state index in [1.54, 1.807) is 38.7 Å². The zero-order chi connectivity index (χ0) is 23.9. The molecule has 0 bridgehead atoms. The first-order chi connectivity index (χ1) is 16.6. The van der Waals surface area contributed by atoms with Crippen LogP contribution in [0.3, 0.4) is 0 Å². The Balaban J connectivity index is 1.72. The van der Waals surface area contributed by atoms with Crippen molar-refractivity contribution in [3.8, 4) is 23.2 Å². The number of nitriles is 1. The Labute approximate surface area is 194 Å². The molecule has 0 aliphatic heterocycles. The lowest BCUT2D eigenvalue weighted by atomic mass is 10.1. The number of para-hydroxylation sites is 1. The Kier molecular flexibility index (Phi) is 6.50. The number of rotatable bonds is 7. The van der Waals surface area contributed by atoms with E-state index in [-0.39, 0.29) is 11.6 Å². The van der Waals surface area contributed by atoms with Crippen LogP contribution in [0.25, 0.3) is 11.4 Å². The summed E-state index contributed by atoms with van der Waals surface area (Å²) in [4.78, 5) is 33.5. The minimum Gasteiger partial charge on any atom is -0.494 e. The summed E-state index contributed by atoms with van der Waals surface area (Å²) in [5, 5.41) is 17.8. The molecule has 3 N–H and O–H groups in total. The van der Waals surface area contributed by atoms with Crippen LogP contribution in [0.1, 0.15) is 16.1 Å². The van der Waals surface area contributed by atoms with Gasteiger partial charge in [-0.05, 0) is 18.2 Å². The van der Waals surface area contributed by atoms with Gasteiger partial charge in [0, 0.05) is 31.7 Å². The van der Waals surface area contributed by atoms with Crippen molar-refractivity contribution in [1.29, 1.82) is 5.26 Å². The van der Waals surface area contributed by atoms with Gasteiger partial charge in [-0.3, -0.25) is 4.79 Å². The lowest BCUT2D eigenvalue weighted by molar-refractivity contribution is 0.0963. The second kappa shape index (κ2) is 10.0. The lowest BCUT2D eigenvalue weighted by Crippen LogP contribution is -2.19. The number of nitrogens with one attached hydrogen (secondary N) is 3. The first-order valence-corrected chi connectivity index (χ1v) is 10.1. The maximum Gasteiger partial charge on any atom is 0.254 e. The topological polar surface area (TPSA) is 151 Å². The molecule has 0 aliphatic rings. The Hall–Kier alpha value is -5.11. The van der Waals surface area contributed by atoms with E-state index in [1.165, 1.54) is 18.6 Å². The molecule has 0 saturated heterocycles. The average Bonchev–Trinajstić information content (AvgIpc) is 2.89. The van der Waals surface area contributed by atoms with Gasteiger partial charge >= 0.3 is 0 Å². The first-order valence-electron chi connectivity index (χ1n) is 10.1. The van der Waals surface area contributed by atoms with E-state index in [9.17, 15) is 4.79 Å². The number of carbonyl (C=O) groups excluding carboxylic acids is 1. The number of carbonyl (C=O) groups is 1. The van der Waals surface area contributed by atoms with Crippen molar-refractivity contribution in [2.75, 3.05) is 24.8 Å². The predicted octanol–water partition coefficient (Wildman–Crippen LogP) is 3.06. The molecule has 0 saturated carbocycles. The minimum atomic E-state index is -0.318. The van der Waals surface area contributed by atoms with Gasteiger partial charge in [-0.2, -0.15) is 5.26 Å². The largest absolute Gasteiger partial charge is 0.494 e. The molecule has 11 nitrogen and oxygen atoms in total. The van der Waals surface area contributed by atoms with E-state index in [1.807, 2.05) is 24.3 Å². The van der Waals surface area contributed by atoms with Crippen LogP contribution >= 0.6 is 0 Å². The van der Waals surface area contributed by atoms with Crippen LogP contribution in [-0.2, 0) is 0 Å². The van der Waals surface area contributed by atoms with Crippen molar-refractivity contribution in [1.82, 2.24) is 30.2 Å². The van der Waals surface area contributed by atoms with Crippen molar-refractivity contribution in [3.05, 3.63) is 72.6 Å². The summed E-state index contributed by atoms with van der Waals surface area (Å²) in [5.74, 6) is 1.51. The van der Waals surface area contributed by atoms with Gasteiger partial charge in [0.2, 0.25) is 0 Å². The molecule has 3 heterocycles. The number of aromatic nitrogens is 5. The Morgan fingerprint density at radius 3 is 2.41 bits per heavy atom. The normalized spacial score (nSPS) is 10.1. The molecule has 168 valence electrons. The summed E-state index contributed by atoms with van der Waals surface area (Å²) in [5.41, 5.74) is 2.29. The molecule has 0 aliphatic carbocycles. The molecule has 11 heteroatoms. The molecular weight excluding hydrogens is 434 g/mol. The predicted molar refractivity (Wildman–Crippen MR) is 125 cm³/mol. The number of pyridine rings is 1.